The minimum atomic E-state index is -4.59. The number of carbonyl (C=O) groups is 1. The lowest BCUT2D eigenvalue weighted by molar-refractivity contribution is -0.138. The maximum Gasteiger partial charge on any atom is 0.419 e. The number of halogens is 3. The van der Waals surface area contributed by atoms with E-state index in [-0.39, 0.29) is 36.9 Å². The highest BCUT2D eigenvalue weighted by Crippen LogP contribution is 2.32. The van der Waals surface area contributed by atoms with Crippen LogP contribution in [0.3, 0.4) is 0 Å². The second kappa shape index (κ2) is 11.1. The third-order valence-electron chi connectivity index (χ3n) is 6.45. The predicted octanol–water partition coefficient (Wildman–Crippen LogP) is 3.91. The van der Waals surface area contributed by atoms with Gasteiger partial charge in [0.05, 0.1) is 35.6 Å². The molecule has 192 valence electrons. The molecule has 3 aromatic rings. The fraction of sp³-hybridized carbons (Fsp3) is 0.440. The molecule has 0 radical (unpaired) electrons. The average molecular weight is 502 g/mol. The summed E-state index contributed by atoms with van der Waals surface area (Å²) in [5.74, 6) is -0.426. The van der Waals surface area contributed by atoms with Crippen LogP contribution >= 0.6 is 0 Å². The van der Waals surface area contributed by atoms with Gasteiger partial charge in [0.2, 0.25) is 11.9 Å². The van der Waals surface area contributed by atoms with Crippen LogP contribution in [0.1, 0.15) is 48.2 Å². The molecule has 1 unspecified atom stereocenters. The van der Waals surface area contributed by atoms with Crippen LogP contribution in [0.4, 0.5) is 24.8 Å². The first-order valence-corrected chi connectivity index (χ1v) is 12.0. The topological polar surface area (TPSA) is 102 Å². The molecule has 0 aliphatic carbocycles. The largest absolute Gasteiger partial charge is 0.419 e. The van der Waals surface area contributed by atoms with Crippen LogP contribution in [0.2, 0.25) is 0 Å². The first-order chi connectivity index (χ1) is 17.2. The number of nitrogens with two attached hydrogens (primary N) is 1. The number of amides is 1. The quantitative estimate of drug-likeness (QED) is 0.461. The van der Waals surface area contributed by atoms with E-state index >= 15 is 0 Å². The number of benzene rings is 1. The number of primary amides is 1. The van der Waals surface area contributed by atoms with Crippen molar-refractivity contribution in [3.8, 4) is 0 Å². The Morgan fingerprint density at radius 2 is 1.97 bits per heavy atom. The molecular weight excluding hydrogens is 471 g/mol. The molecule has 1 aliphatic heterocycles. The Kier molecular flexibility index (Phi) is 7.88. The van der Waals surface area contributed by atoms with E-state index < -0.39 is 17.6 Å². The Bertz CT molecular complexity index is 1190. The van der Waals surface area contributed by atoms with E-state index in [2.05, 4.69) is 32.2 Å². The van der Waals surface area contributed by atoms with Crippen molar-refractivity contribution in [1.82, 2.24) is 24.6 Å². The molecule has 3 N–H and O–H groups in total. The molecule has 4 rings (SSSR count). The van der Waals surface area contributed by atoms with E-state index in [1.165, 1.54) is 0 Å². The molecule has 1 amide bonds. The van der Waals surface area contributed by atoms with Gasteiger partial charge < -0.3 is 16.0 Å². The van der Waals surface area contributed by atoms with Crippen LogP contribution in [0.5, 0.6) is 0 Å². The third-order valence-corrected chi connectivity index (χ3v) is 6.45. The summed E-state index contributed by atoms with van der Waals surface area (Å²) in [6, 6.07) is 7.33. The predicted molar refractivity (Wildman–Crippen MR) is 130 cm³/mol. The summed E-state index contributed by atoms with van der Waals surface area (Å²) in [5.41, 5.74) is 6.38. The highest BCUT2D eigenvalue weighted by Gasteiger charge is 2.35. The van der Waals surface area contributed by atoms with E-state index in [0.29, 0.717) is 11.3 Å². The lowest BCUT2D eigenvalue weighted by Crippen LogP contribution is -2.36. The molecule has 0 spiro atoms. The van der Waals surface area contributed by atoms with Gasteiger partial charge in [0.25, 0.3) is 0 Å². The molecule has 3 heterocycles. The standard InChI is InChI=1S/C25H30F3N7O/c1-2-34-11-5-8-20(16-34)35-15-19(13-31-35)32-24-30-14-21(25(26,27)28)22(33-24)10-9-17-6-3-4-7-18(17)12-23(29)36/h3-4,6-7,13-15,20H,2,5,8-12,16H2,1H3,(H2,29,36)(H,30,32,33). The zero-order valence-electron chi connectivity index (χ0n) is 20.1. The fourth-order valence-electron chi connectivity index (χ4n) is 4.59. The molecule has 36 heavy (non-hydrogen) atoms. The van der Waals surface area contributed by atoms with E-state index in [1.54, 1.807) is 30.5 Å². The molecule has 2 aromatic heterocycles. The number of nitrogens with one attached hydrogen (secondary N) is 1. The molecule has 0 bridgehead atoms. The van der Waals surface area contributed by atoms with Crippen molar-refractivity contribution in [2.45, 2.75) is 51.2 Å². The third kappa shape index (κ3) is 6.39. The second-order valence-corrected chi connectivity index (χ2v) is 8.99. The molecule has 1 fully saturated rings. The molecule has 1 aliphatic rings. The van der Waals surface area contributed by atoms with Gasteiger partial charge in [-0.2, -0.15) is 18.3 Å². The van der Waals surface area contributed by atoms with Crippen molar-refractivity contribution in [1.29, 1.82) is 0 Å². The van der Waals surface area contributed by atoms with Crippen molar-refractivity contribution in [2.75, 3.05) is 25.0 Å². The van der Waals surface area contributed by atoms with E-state index in [0.717, 1.165) is 44.2 Å². The number of anilines is 2. The average Bonchev–Trinajstić information content (AvgIpc) is 3.31. The summed E-state index contributed by atoms with van der Waals surface area (Å²) in [6.45, 7) is 5.11. The number of nitrogens with zero attached hydrogens (tertiary/aromatic N) is 5. The summed E-state index contributed by atoms with van der Waals surface area (Å²) in [5, 5.41) is 7.44. The zero-order chi connectivity index (χ0) is 25.7. The van der Waals surface area contributed by atoms with Crippen molar-refractivity contribution < 1.29 is 18.0 Å². The number of likely N-dealkylation sites (tertiary alicyclic amines) is 1. The highest BCUT2D eigenvalue weighted by molar-refractivity contribution is 5.77. The molecule has 0 saturated carbocycles. The normalized spacial score (nSPS) is 16.7. The number of carbonyl (C=O) groups excluding carboxylic acids is 1. The first-order valence-electron chi connectivity index (χ1n) is 12.0. The van der Waals surface area contributed by atoms with Crippen molar-refractivity contribution >= 4 is 17.5 Å². The SMILES string of the molecule is CCN1CCCC(n2cc(Nc3ncc(C(F)(F)F)c(CCc4ccccc4CC(N)=O)n3)cn2)C1. The number of piperidine rings is 1. The van der Waals surface area contributed by atoms with E-state index in [4.69, 9.17) is 5.73 Å². The molecule has 11 heteroatoms. The summed E-state index contributed by atoms with van der Waals surface area (Å²) in [6.07, 6.45) is 2.13. The van der Waals surface area contributed by atoms with Gasteiger partial charge >= 0.3 is 6.18 Å². The van der Waals surface area contributed by atoms with Gasteiger partial charge in [0.15, 0.2) is 0 Å². The van der Waals surface area contributed by atoms with Crippen LogP contribution in [-0.4, -0.2) is 50.2 Å². The van der Waals surface area contributed by atoms with E-state index in [1.807, 2.05) is 10.9 Å². The smallest absolute Gasteiger partial charge is 0.369 e. The molecule has 1 atom stereocenters. The van der Waals surface area contributed by atoms with Crippen molar-refractivity contribution in [3.63, 3.8) is 0 Å². The maximum atomic E-state index is 13.7. The van der Waals surface area contributed by atoms with Crippen LogP contribution in [0.15, 0.2) is 42.9 Å². The minimum Gasteiger partial charge on any atom is -0.369 e. The first kappa shape index (κ1) is 25.6. The number of hydrogen-bond acceptors (Lipinski definition) is 6. The Morgan fingerprint density at radius 1 is 1.19 bits per heavy atom. The lowest BCUT2D eigenvalue weighted by Gasteiger charge is -2.31. The van der Waals surface area contributed by atoms with Gasteiger partial charge in [-0.05, 0) is 49.9 Å². The number of aryl methyl sites for hydroxylation is 2. The minimum absolute atomic E-state index is 0.0238. The Balaban J connectivity index is 1.51. The van der Waals surface area contributed by atoms with Crippen LogP contribution in [-0.2, 0) is 30.2 Å². The van der Waals surface area contributed by atoms with Crippen molar-refractivity contribution in [3.05, 3.63) is 65.2 Å². The molecule has 1 saturated heterocycles. The Labute approximate surface area is 207 Å². The van der Waals surface area contributed by atoms with E-state index in [9.17, 15) is 18.0 Å². The zero-order valence-corrected chi connectivity index (χ0v) is 20.1. The summed E-state index contributed by atoms with van der Waals surface area (Å²) < 4.78 is 42.9. The Morgan fingerprint density at radius 3 is 2.69 bits per heavy atom. The van der Waals surface area contributed by atoms with Gasteiger partial charge in [0, 0.05) is 18.9 Å². The second-order valence-electron chi connectivity index (χ2n) is 8.99. The molecule has 8 nitrogen and oxygen atoms in total. The number of alkyl halides is 3. The number of hydrogen-bond donors (Lipinski definition) is 2. The number of rotatable bonds is 9. The van der Waals surface area contributed by atoms with Gasteiger partial charge in [-0.3, -0.25) is 9.48 Å². The monoisotopic (exact) mass is 501 g/mol. The molecular formula is C25H30F3N7O. The van der Waals surface area contributed by atoms with Gasteiger partial charge in [-0.1, -0.05) is 31.2 Å². The number of aromatic nitrogens is 4. The summed E-state index contributed by atoms with van der Waals surface area (Å²) in [7, 11) is 0. The van der Waals surface area contributed by atoms with Crippen LogP contribution < -0.4 is 11.1 Å². The maximum absolute atomic E-state index is 13.7. The van der Waals surface area contributed by atoms with Crippen LogP contribution in [0, 0.1) is 0 Å². The fourth-order valence-corrected chi connectivity index (χ4v) is 4.59. The Hall–Kier alpha value is -3.47. The van der Waals surface area contributed by atoms with Gasteiger partial charge in [-0.25, -0.2) is 9.97 Å². The summed E-state index contributed by atoms with van der Waals surface area (Å²) in [4.78, 5) is 21.9. The highest BCUT2D eigenvalue weighted by atomic mass is 19.4. The van der Waals surface area contributed by atoms with Gasteiger partial charge in [0.1, 0.15) is 0 Å². The summed E-state index contributed by atoms with van der Waals surface area (Å²) >= 11 is 0. The van der Waals surface area contributed by atoms with Crippen molar-refractivity contribution in [2.24, 2.45) is 5.73 Å². The number of likely N-dealkylation sites (N-methyl/N-ethyl adjacent to an activating group) is 1. The van der Waals surface area contributed by atoms with Gasteiger partial charge in [-0.15, -0.1) is 0 Å². The van der Waals surface area contributed by atoms with Crippen LogP contribution in [0.25, 0.3) is 0 Å². The molecule has 1 aromatic carbocycles. The lowest BCUT2D eigenvalue weighted by atomic mass is 9.98.